The van der Waals surface area contributed by atoms with Crippen molar-refractivity contribution in [2.45, 2.75) is 68.9 Å². The normalized spacial score (nSPS) is 29.0. The van der Waals surface area contributed by atoms with E-state index in [1.807, 2.05) is 62.4 Å². The first-order valence-electron chi connectivity index (χ1n) is 14.1. The molecule has 6 atom stereocenters. The van der Waals surface area contributed by atoms with Crippen molar-refractivity contribution in [3.05, 3.63) is 59.7 Å². The van der Waals surface area contributed by atoms with Crippen LogP contribution in [0.2, 0.25) is 0 Å². The van der Waals surface area contributed by atoms with Gasteiger partial charge in [0.15, 0.2) is 0 Å². The van der Waals surface area contributed by atoms with E-state index in [2.05, 4.69) is 17.6 Å². The molecule has 0 radical (unpaired) electrons. The molecule has 5 rings (SSSR count). The molecule has 2 aromatic carbocycles. The third-order valence-corrected chi connectivity index (χ3v) is 11.0. The zero-order valence-electron chi connectivity index (χ0n) is 23.0. The Labute approximate surface area is 235 Å². The zero-order valence-corrected chi connectivity index (χ0v) is 23.8. The number of rotatable bonds is 10. The van der Waals surface area contributed by atoms with Gasteiger partial charge in [0.25, 0.3) is 0 Å². The van der Waals surface area contributed by atoms with Crippen molar-refractivity contribution in [3.63, 3.8) is 0 Å². The number of fused-ring (bicyclic) bond motifs is 1. The lowest BCUT2D eigenvalue weighted by atomic mass is 9.66. The molecule has 3 fully saturated rings. The Hall–Kier alpha value is -2.84. The number of benzene rings is 2. The number of aryl methyl sites for hydroxylation is 2. The average molecular weight is 550 g/mol. The van der Waals surface area contributed by atoms with E-state index in [0.29, 0.717) is 12.2 Å². The summed E-state index contributed by atoms with van der Waals surface area (Å²) in [5.41, 5.74) is 3.47. The van der Waals surface area contributed by atoms with Crippen molar-refractivity contribution in [1.29, 1.82) is 0 Å². The van der Waals surface area contributed by atoms with Gasteiger partial charge in [0.1, 0.15) is 6.04 Å². The number of nitrogens with one attached hydrogen (secondary N) is 2. The first-order chi connectivity index (χ1) is 18.8. The monoisotopic (exact) mass is 549 g/mol. The molecule has 3 heterocycles. The summed E-state index contributed by atoms with van der Waals surface area (Å²) in [6.07, 6.45) is 4.04. The SMILES string of the molecule is Cc1cccc(C)c1NC(=O)C1N(CCCCCCO)C(=O)[C@@H]2[C@H](C(=O)Nc3ccccc3)[C@@H]3CC(C)C12S3. The van der Waals surface area contributed by atoms with Crippen LogP contribution in [0.5, 0.6) is 0 Å². The summed E-state index contributed by atoms with van der Waals surface area (Å²) in [5.74, 6) is -1.27. The highest BCUT2D eigenvalue weighted by atomic mass is 32.2. The molecule has 3 amide bonds. The standard InChI is InChI=1S/C31H39N3O4S/c1-19-12-11-13-20(2)26(19)33-29(37)27-31-21(3)18-23(39-31)24(28(36)32-22-14-7-6-8-15-22)25(31)30(38)34(27)16-9-4-5-10-17-35/h6-8,11-15,21,23-25,27,35H,4-5,9-10,16-18H2,1-3H3,(H,32,36)(H,33,37)/t21?,23-,24+,25-,27?,31?/m0/s1. The van der Waals surface area contributed by atoms with Crippen LogP contribution in [0.3, 0.4) is 0 Å². The summed E-state index contributed by atoms with van der Waals surface area (Å²) < 4.78 is -0.647. The minimum absolute atomic E-state index is 0.000126. The maximum atomic E-state index is 14.2. The predicted octanol–water partition coefficient (Wildman–Crippen LogP) is 4.77. The number of aliphatic hydroxyl groups is 1. The molecule has 2 aromatic rings. The molecule has 8 heteroatoms. The summed E-state index contributed by atoms with van der Waals surface area (Å²) in [6.45, 7) is 6.72. The third-order valence-electron chi connectivity index (χ3n) is 8.87. The Kier molecular flexibility index (Phi) is 8.06. The molecule has 39 heavy (non-hydrogen) atoms. The first kappa shape index (κ1) is 27.7. The van der Waals surface area contributed by atoms with E-state index in [1.165, 1.54) is 0 Å². The fourth-order valence-corrected chi connectivity index (χ4v) is 9.48. The lowest BCUT2D eigenvalue weighted by Crippen LogP contribution is -2.55. The van der Waals surface area contributed by atoms with Gasteiger partial charge in [-0.15, -0.1) is 11.8 Å². The van der Waals surface area contributed by atoms with Crippen molar-refractivity contribution >= 4 is 40.9 Å². The minimum atomic E-state index is -0.647. The van der Waals surface area contributed by atoms with Crippen LogP contribution in [0.4, 0.5) is 11.4 Å². The van der Waals surface area contributed by atoms with Gasteiger partial charge in [-0.1, -0.05) is 56.2 Å². The first-order valence-corrected chi connectivity index (χ1v) is 15.0. The molecule has 1 spiro atoms. The van der Waals surface area contributed by atoms with Gasteiger partial charge < -0.3 is 20.6 Å². The summed E-state index contributed by atoms with van der Waals surface area (Å²) in [6, 6.07) is 14.6. The topological polar surface area (TPSA) is 98.7 Å². The second-order valence-electron chi connectivity index (χ2n) is 11.3. The molecular formula is C31H39N3O4S. The second-order valence-corrected chi connectivity index (χ2v) is 12.9. The number of unbranched alkanes of at least 4 members (excludes halogenated alkanes) is 3. The van der Waals surface area contributed by atoms with E-state index in [0.717, 1.165) is 48.9 Å². The van der Waals surface area contributed by atoms with Gasteiger partial charge in [-0.2, -0.15) is 0 Å². The van der Waals surface area contributed by atoms with Gasteiger partial charge in [-0.25, -0.2) is 0 Å². The highest BCUT2D eigenvalue weighted by Gasteiger charge is 2.75. The van der Waals surface area contributed by atoms with Gasteiger partial charge >= 0.3 is 0 Å². The molecule has 0 aliphatic carbocycles. The van der Waals surface area contributed by atoms with Gasteiger partial charge in [0, 0.05) is 29.8 Å². The number of hydrogen-bond donors (Lipinski definition) is 3. The number of para-hydroxylation sites is 2. The van der Waals surface area contributed by atoms with E-state index < -0.39 is 22.6 Å². The number of nitrogens with zero attached hydrogens (tertiary/aromatic N) is 1. The summed E-state index contributed by atoms with van der Waals surface area (Å²) >= 11 is 1.70. The number of aliphatic hydroxyl groups excluding tert-OH is 1. The van der Waals surface area contributed by atoms with Crippen LogP contribution in [-0.2, 0) is 14.4 Å². The number of hydrogen-bond acceptors (Lipinski definition) is 5. The summed E-state index contributed by atoms with van der Waals surface area (Å²) in [7, 11) is 0. The Balaban J connectivity index is 1.47. The lowest BCUT2D eigenvalue weighted by molar-refractivity contribution is -0.138. The highest BCUT2D eigenvalue weighted by Crippen LogP contribution is 2.68. The van der Waals surface area contributed by atoms with Gasteiger partial charge in [0.2, 0.25) is 17.7 Å². The second kappa shape index (κ2) is 11.3. The van der Waals surface area contributed by atoms with Crippen LogP contribution in [0.1, 0.15) is 50.2 Å². The van der Waals surface area contributed by atoms with E-state index in [-0.39, 0.29) is 35.5 Å². The van der Waals surface area contributed by atoms with E-state index in [1.54, 1.807) is 16.7 Å². The van der Waals surface area contributed by atoms with E-state index >= 15 is 0 Å². The smallest absolute Gasteiger partial charge is 0.248 e. The van der Waals surface area contributed by atoms with Crippen LogP contribution in [0, 0.1) is 31.6 Å². The van der Waals surface area contributed by atoms with Crippen LogP contribution >= 0.6 is 11.8 Å². The molecule has 0 aromatic heterocycles. The predicted molar refractivity (Wildman–Crippen MR) is 156 cm³/mol. The minimum Gasteiger partial charge on any atom is -0.396 e. The van der Waals surface area contributed by atoms with Crippen molar-refractivity contribution < 1.29 is 19.5 Å². The van der Waals surface area contributed by atoms with Crippen molar-refractivity contribution in [2.75, 3.05) is 23.8 Å². The lowest BCUT2D eigenvalue weighted by Gasteiger charge is -2.38. The Bertz CT molecular complexity index is 1220. The van der Waals surface area contributed by atoms with Crippen molar-refractivity contribution in [3.8, 4) is 0 Å². The Morgan fingerprint density at radius 1 is 0.974 bits per heavy atom. The molecule has 0 saturated carbocycles. The number of likely N-dealkylation sites (tertiary alicyclic amines) is 1. The maximum Gasteiger partial charge on any atom is 0.248 e. The number of carbonyl (C=O) groups is 3. The molecule has 208 valence electrons. The number of thioether (sulfide) groups is 1. The molecular weight excluding hydrogens is 510 g/mol. The van der Waals surface area contributed by atoms with Crippen LogP contribution in [-0.4, -0.2) is 56.9 Å². The molecule has 3 N–H and O–H groups in total. The molecule has 3 aliphatic rings. The van der Waals surface area contributed by atoms with Gasteiger partial charge in [0.05, 0.1) is 16.6 Å². The summed E-state index contributed by atoms with van der Waals surface area (Å²) in [4.78, 5) is 43.9. The van der Waals surface area contributed by atoms with Crippen molar-refractivity contribution in [1.82, 2.24) is 4.90 Å². The fourth-order valence-electron chi connectivity index (χ4n) is 7.06. The van der Waals surface area contributed by atoms with Crippen LogP contribution in [0.25, 0.3) is 0 Å². The van der Waals surface area contributed by atoms with Gasteiger partial charge in [-0.3, -0.25) is 14.4 Å². The Morgan fingerprint density at radius 3 is 2.36 bits per heavy atom. The number of anilines is 2. The molecule has 7 nitrogen and oxygen atoms in total. The fraction of sp³-hybridized carbons (Fsp3) is 0.516. The molecule has 2 bridgehead atoms. The Morgan fingerprint density at radius 2 is 1.67 bits per heavy atom. The largest absolute Gasteiger partial charge is 0.396 e. The number of amides is 3. The maximum absolute atomic E-state index is 14.2. The number of carbonyl (C=O) groups excluding carboxylic acids is 3. The summed E-state index contributed by atoms with van der Waals surface area (Å²) in [5, 5.41) is 15.4. The molecule has 3 aliphatic heterocycles. The van der Waals surface area contributed by atoms with Gasteiger partial charge in [-0.05, 0) is 62.3 Å². The molecule has 3 saturated heterocycles. The van der Waals surface area contributed by atoms with Crippen molar-refractivity contribution in [2.24, 2.45) is 17.8 Å². The third kappa shape index (κ3) is 4.86. The van der Waals surface area contributed by atoms with E-state index in [9.17, 15) is 14.4 Å². The quantitative estimate of drug-likeness (QED) is 0.371. The highest BCUT2D eigenvalue weighted by molar-refractivity contribution is 8.02. The average Bonchev–Trinajstić information content (AvgIpc) is 3.50. The van der Waals surface area contributed by atoms with Crippen LogP contribution < -0.4 is 10.6 Å². The van der Waals surface area contributed by atoms with Crippen LogP contribution in [0.15, 0.2) is 48.5 Å². The molecule has 3 unspecified atom stereocenters. The van der Waals surface area contributed by atoms with E-state index in [4.69, 9.17) is 5.11 Å². The zero-order chi connectivity index (χ0) is 27.7.